The molecule has 5 heteroatoms. The van der Waals surface area contributed by atoms with E-state index in [9.17, 15) is 9.59 Å². The van der Waals surface area contributed by atoms with Crippen molar-refractivity contribution in [1.82, 2.24) is 4.90 Å². The Kier molecular flexibility index (Phi) is 5.91. The van der Waals surface area contributed by atoms with Crippen LogP contribution in [-0.2, 0) is 22.6 Å². The number of nitrogens with zero attached hydrogens (tertiary/aromatic N) is 2. The second kappa shape index (κ2) is 8.35. The van der Waals surface area contributed by atoms with E-state index < -0.39 is 0 Å². The van der Waals surface area contributed by atoms with Gasteiger partial charge in [0.25, 0.3) is 0 Å². The summed E-state index contributed by atoms with van der Waals surface area (Å²) in [7, 11) is 1.95. The quantitative estimate of drug-likeness (QED) is 0.883. The molecule has 0 aliphatic carbocycles. The van der Waals surface area contributed by atoms with Crippen LogP contribution in [0.1, 0.15) is 31.4 Å². The molecule has 2 aromatic rings. The summed E-state index contributed by atoms with van der Waals surface area (Å²) in [6.07, 6.45) is 1.32. The van der Waals surface area contributed by atoms with Crippen LogP contribution in [0.4, 0.5) is 11.4 Å². The van der Waals surface area contributed by atoms with Crippen LogP contribution in [0.2, 0.25) is 0 Å². The minimum Gasteiger partial charge on any atom is -0.324 e. The lowest BCUT2D eigenvalue weighted by Gasteiger charge is -2.29. The molecule has 0 radical (unpaired) electrons. The van der Waals surface area contributed by atoms with Gasteiger partial charge in [-0.25, -0.2) is 0 Å². The molecular formula is C22H27N3O2. The van der Waals surface area contributed by atoms with E-state index in [0.717, 1.165) is 12.1 Å². The molecule has 0 bridgehead atoms. The molecule has 1 aliphatic heterocycles. The summed E-state index contributed by atoms with van der Waals surface area (Å²) in [5, 5.41) is 2.90. The summed E-state index contributed by atoms with van der Waals surface area (Å²) in [5.74, 6) is -0.0613. The number of hydrogen-bond donors (Lipinski definition) is 1. The maximum atomic E-state index is 13.1. The van der Waals surface area contributed by atoms with Crippen LogP contribution >= 0.6 is 0 Å². The van der Waals surface area contributed by atoms with E-state index in [1.54, 1.807) is 4.90 Å². The fraction of sp³-hybridized carbons (Fsp3) is 0.364. The summed E-state index contributed by atoms with van der Waals surface area (Å²) >= 11 is 0. The van der Waals surface area contributed by atoms with Crippen molar-refractivity contribution in [3.05, 3.63) is 59.7 Å². The van der Waals surface area contributed by atoms with E-state index in [-0.39, 0.29) is 17.9 Å². The molecule has 3 rings (SSSR count). The Morgan fingerprint density at radius 1 is 1.15 bits per heavy atom. The number of nitrogens with one attached hydrogen (secondary N) is 1. The van der Waals surface area contributed by atoms with Crippen LogP contribution in [0, 0.1) is 0 Å². The minimum absolute atomic E-state index is 0.000807. The second-order valence-electron chi connectivity index (χ2n) is 7.22. The molecule has 0 spiro atoms. The van der Waals surface area contributed by atoms with Crippen molar-refractivity contribution in [3.63, 3.8) is 0 Å². The molecule has 27 heavy (non-hydrogen) atoms. The maximum absolute atomic E-state index is 13.1. The predicted molar refractivity (Wildman–Crippen MR) is 109 cm³/mol. The van der Waals surface area contributed by atoms with Crippen molar-refractivity contribution in [1.29, 1.82) is 0 Å². The number of rotatable bonds is 5. The van der Waals surface area contributed by atoms with Crippen molar-refractivity contribution in [3.8, 4) is 0 Å². The minimum atomic E-state index is -0.182. The first kappa shape index (κ1) is 19.1. The zero-order valence-electron chi connectivity index (χ0n) is 16.2. The van der Waals surface area contributed by atoms with Gasteiger partial charge in [-0.1, -0.05) is 43.3 Å². The molecule has 0 saturated carbocycles. The standard InChI is InChI=1S/C22H27N3O2/c1-4-17-9-11-18(12-10-17)14-24(3)15-22(27)25-16(2)13-21(26)23-19-7-5-6-8-20(19)25/h5-12,16H,4,13-15H2,1-3H3,(H,23,26). The number of carbonyl (C=O) groups is 2. The van der Waals surface area contributed by atoms with Crippen LogP contribution in [-0.4, -0.2) is 36.3 Å². The first-order valence-electron chi connectivity index (χ1n) is 9.45. The molecule has 1 atom stereocenters. The third-order valence-corrected chi connectivity index (χ3v) is 4.92. The van der Waals surface area contributed by atoms with Crippen LogP contribution in [0.3, 0.4) is 0 Å². The summed E-state index contributed by atoms with van der Waals surface area (Å²) in [6.45, 7) is 5.06. The van der Waals surface area contributed by atoms with Crippen LogP contribution in [0.5, 0.6) is 0 Å². The second-order valence-corrected chi connectivity index (χ2v) is 7.22. The third-order valence-electron chi connectivity index (χ3n) is 4.92. The Morgan fingerprint density at radius 2 is 1.81 bits per heavy atom. The first-order valence-corrected chi connectivity index (χ1v) is 9.45. The Labute approximate surface area is 161 Å². The zero-order chi connectivity index (χ0) is 19.4. The average Bonchev–Trinajstić information content (AvgIpc) is 2.76. The highest BCUT2D eigenvalue weighted by molar-refractivity contribution is 6.04. The molecule has 2 amide bonds. The number of amides is 2. The zero-order valence-corrected chi connectivity index (χ0v) is 16.2. The van der Waals surface area contributed by atoms with Crippen LogP contribution in [0.25, 0.3) is 0 Å². The van der Waals surface area contributed by atoms with Gasteiger partial charge in [-0.05, 0) is 43.7 Å². The van der Waals surface area contributed by atoms with Crippen molar-refractivity contribution in [2.75, 3.05) is 23.8 Å². The van der Waals surface area contributed by atoms with E-state index in [0.29, 0.717) is 25.2 Å². The molecule has 0 saturated heterocycles. The Balaban J connectivity index is 1.73. The lowest BCUT2D eigenvalue weighted by atomic mass is 10.1. The topological polar surface area (TPSA) is 52.7 Å². The predicted octanol–water partition coefficient (Wildman–Crippen LogP) is 3.44. The van der Waals surface area contributed by atoms with E-state index in [1.165, 1.54) is 11.1 Å². The molecular weight excluding hydrogens is 338 g/mol. The molecule has 0 fully saturated rings. The molecule has 1 N–H and O–H groups in total. The number of hydrogen-bond acceptors (Lipinski definition) is 3. The van der Waals surface area contributed by atoms with Crippen molar-refractivity contribution < 1.29 is 9.59 Å². The van der Waals surface area contributed by atoms with Gasteiger partial charge in [0, 0.05) is 19.0 Å². The van der Waals surface area contributed by atoms with Gasteiger partial charge in [-0.3, -0.25) is 14.5 Å². The molecule has 1 heterocycles. The maximum Gasteiger partial charge on any atom is 0.241 e. The van der Waals surface area contributed by atoms with Crippen LogP contribution < -0.4 is 10.2 Å². The van der Waals surface area contributed by atoms with Gasteiger partial charge < -0.3 is 10.2 Å². The van der Waals surface area contributed by atoms with Crippen molar-refractivity contribution in [2.24, 2.45) is 0 Å². The van der Waals surface area contributed by atoms with E-state index in [4.69, 9.17) is 0 Å². The van der Waals surface area contributed by atoms with Gasteiger partial charge in [0.2, 0.25) is 11.8 Å². The monoisotopic (exact) mass is 365 g/mol. The Morgan fingerprint density at radius 3 is 2.52 bits per heavy atom. The number of para-hydroxylation sites is 2. The summed E-state index contributed by atoms with van der Waals surface area (Å²) in [6, 6.07) is 15.8. The number of aryl methyl sites for hydroxylation is 1. The van der Waals surface area contributed by atoms with E-state index in [1.807, 2.05) is 43.1 Å². The van der Waals surface area contributed by atoms with Crippen molar-refractivity contribution in [2.45, 2.75) is 39.3 Å². The van der Waals surface area contributed by atoms with Gasteiger partial charge in [-0.2, -0.15) is 0 Å². The van der Waals surface area contributed by atoms with Gasteiger partial charge in [-0.15, -0.1) is 0 Å². The number of fused-ring (bicyclic) bond motifs is 1. The SMILES string of the molecule is CCc1ccc(CN(C)CC(=O)N2c3ccccc3NC(=O)CC2C)cc1. The molecule has 5 nitrogen and oxygen atoms in total. The summed E-state index contributed by atoms with van der Waals surface area (Å²) < 4.78 is 0. The molecule has 2 aromatic carbocycles. The van der Waals surface area contributed by atoms with Gasteiger partial charge in [0.15, 0.2) is 0 Å². The first-order chi connectivity index (χ1) is 13.0. The highest BCUT2D eigenvalue weighted by Gasteiger charge is 2.29. The summed E-state index contributed by atoms with van der Waals surface area (Å²) in [4.78, 5) is 28.9. The number of likely N-dealkylation sites (N-methyl/N-ethyl adjacent to an activating group) is 1. The fourth-order valence-corrected chi connectivity index (χ4v) is 3.52. The smallest absolute Gasteiger partial charge is 0.241 e. The number of benzene rings is 2. The van der Waals surface area contributed by atoms with Crippen LogP contribution in [0.15, 0.2) is 48.5 Å². The number of anilines is 2. The van der Waals surface area contributed by atoms with E-state index in [2.05, 4.69) is 36.5 Å². The van der Waals surface area contributed by atoms with Gasteiger partial charge in [0.1, 0.15) is 0 Å². The average molecular weight is 365 g/mol. The highest BCUT2D eigenvalue weighted by Crippen LogP contribution is 2.31. The van der Waals surface area contributed by atoms with E-state index >= 15 is 0 Å². The highest BCUT2D eigenvalue weighted by atomic mass is 16.2. The number of carbonyl (C=O) groups excluding carboxylic acids is 2. The lowest BCUT2D eigenvalue weighted by molar-refractivity contribution is -0.120. The Hall–Kier alpha value is -2.66. The largest absolute Gasteiger partial charge is 0.324 e. The molecule has 142 valence electrons. The van der Waals surface area contributed by atoms with Crippen molar-refractivity contribution >= 4 is 23.2 Å². The Bertz CT molecular complexity index is 817. The lowest BCUT2D eigenvalue weighted by Crippen LogP contribution is -2.44. The summed E-state index contributed by atoms with van der Waals surface area (Å²) in [5.41, 5.74) is 3.95. The third kappa shape index (κ3) is 4.55. The van der Waals surface area contributed by atoms with Gasteiger partial charge >= 0.3 is 0 Å². The molecule has 0 aromatic heterocycles. The molecule has 1 unspecified atom stereocenters. The molecule has 1 aliphatic rings. The fourth-order valence-electron chi connectivity index (χ4n) is 3.52. The van der Waals surface area contributed by atoms with Gasteiger partial charge in [0.05, 0.1) is 17.9 Å². The normalized spacial score (nSPS) is 16.7.